The fourth-order valence-electron chi connectivity index (χ4n) is 3.65. The van der Waals surface area contributed by atoms with Crippen molar-refractivity contribution in [2.45, 2.75) is 13.3 Å². The highest BCUT2D eigenvalue weighted by Crippen LogP contribution is 2.38. The molecule has 0 aliphatic carbocycles. The van der Waals surface area contributed by atoms with E-state index in [-0.39, 0.29) is 11.5 Å². The molecular weight excluding hydrogens is 312 g/mol. The summed E-state index contributed by atoms with van der Waals surface area (Å²) in [6, 6.07) is 12.9. The molecule has 2 heterocycles. The molecule has 0 saturated heterocycles. The summed E-state index contributed by atoms with van der Waals surface area (Å²) in [5.41, 5.74) is 3.10. The summed E-state index contributed by atoms with van der Waals surface area (Å²) < 4.78 is 1.62. The Hall–Kier alpha value is -3.32. The van der Waals surface area contributed by atoms with Crippen molar-refractivity contribution in [3.05, 3.63) is 69.6 Å². The summed E-state index contributed by atoms with van der Waals surface area (Å²) >= 11 is 0. The molecule has 0 unspecified atom stereocenters. The lowest BCUT2D eigenvalue weighted by Gasteiger charge is -2.16. The number of hydrogen-bond acceptors (Lipinski definition) is 2. The van der Waals surface area contributed by atoms with Crippen molar-refractivity contribution in [2.75, 3.05) is 11.9 Å². The van der Waals surface area contributed by atoms with E-state index in [1.54, 1.807) is 22.6 Å². The maximum absolute atomic E-state index is 13.4. The molecule has 1 aromatic heterocycles. The molecule has 1 aliphatic heterocycles. The van der Waals surface area contributed by atoms with E-state index in [4.69, 9.17) is 6.42 Å². The van der Waals surface area contributed by atoms with Crippen LogP contribution in [0.15, 0.2) is 47.3 Å². The molecule has 0 fully saturated rings. The van der Waals surface area contributed by atoms with Crippen molar-refractivity contribution in [1.29, 1.82) is 0 Å². The van der Waals surface area contributed by atoms with E-state index in [0.717, 1.165) is 11.4 Å². The standard InChI is InChI=1S/C21H16N2O2/c1-4-13-11-12-16-18-17(13)21(25)23(14-9-7-6-8-10-14)15(5-2)19(18)20(24)22(16)3/h1,6-12H,5H2,2-3H3. The minimum Gasteiger partial charge on any atom is -0.311 e. The van der Waals surface area contributed by atoms with Gasteiger partial charge in [-0.05, 0) is 30.7 Å². The van der Waals surface area contributed by atoms with Gasteiger partial charge in [0.2, 0.25) is 0 Å². The van der Waals surface area contributed by atoms with Gasteiger partial charge in [0.25, 0.3) is 11.5 Å². The zero-order valence-corrected chi connectivity index (χ0v) is 14.0. The van der Waals surface area contributed by atoms with Gasteiger partial charge >= 0.3 is 0 Å². The molecule has 4 rings (SSSR count). The van der Waals surface area contributed by atoms with Crippen molar-refractivity contribution >= 4 is 22.4 Å². The third kappa shape index (κ3) is 1.90. The number of anilines is 1. The average Bonchev–Trinajstić information content (AvgIpc) is 2.90. The molecule has 2 aromatic carbocycles. The van der Waals surface area contributed by atoms with Crippen LogP contribution >= 0.6 is 0 Å². The summed E-state index contributed by atoms with van der Waals surface area (Å²) in [5.74, 6) is 2.49. The fraction of sp³-hybridized carbons (Fsp3) is 0.143. The van der Waals surface area contributed by atoms with E-state index in [1.807, 2.05) is 43.3 Å². The summed E-state index contributed by atoms with van der Waals surface area (Å²) in [4.78, 5) is 27.9. The lowest BCUT2D eigenvalue weighted by Crippen LogP contribution is -2.27. The minimum absolute atomic E-state index is 0.101. The number of carbonyl (C=O) groups is 1. The van der Waals surface area contributed by atoms with Gasteiger partial charge in [-0.3, -0.25) is 14.2 Å². The maximum atomic E-state index is 13.4. The van der Waals surface area contributed by atoms with Crippen LogP contribution in [0.4, 0.5) is 5.69 Å². The van der Waals surface area contributed by atoms with Crippen molar-refractivity contribution < 1.29 is 4.79 Å². The highest BCUT2D eigenvalue weighted by Gasteiger charge is 2.33. The number of hydrogen-bond donors (Lipinski definition) is 0. The molecule has 4 heteroatoms. The van der Waals surface area contributed by atoms with Gasteiger partial charge in [0, 0.05) is 29.4 Å². The van der Waals surface area contributed by atoms with Crippen LogP contribution in [-0.2, 0) is 6.42 Å². The van der Waals surface area contributed by atoms with Crippen molar-refractivity contribution in [3.63, 3.8) is 0 Å². The van der Waals surface area contributed by atoms with Gasteiger partial charge in [-0.15, -0.1) is 6.42 Å². The first kappa shape index (κ1) is 15.2. The highest BCUT2D eigenvalue weighted by molar-refractivity contribution is 6.26. The van der Waals surface area contributed by atoms with Crippen LogP contribution < -0.4 is 10.5 Å². The number of pyridine rings is 1. The van der Waals surface area contributed by atoms with E-state index >= 15 is 0 Å². The number of rotatable bonds is 2. The Kier molecular flexibility index (Phi) is 3.26. The number of carbonyl (C=O) groups excluding carboxylic acids is 1. The molecule has 0 N–H and O–H groups in total. The molecule has 4 nitrogen and oxygen atoms in total. The van der Waals surface area contributed by atoms with Gasteiger partial charge in [-0.1, -0.05) is 31.0 Å². The first-order chi connectivity index (χ1) is 12.1. The third-order valence-corrected chi connectivity index (χ3v) is 4.79. The zero-order valence-electron chi connectivity index (χ0n) is 14.0. The van der Waals surface area contributed by atoms with E-state index in [0.29, 0.717) is 34.0 Å². The highest BCUT2D eigenvalue weighted by atomic mass is 16.2. The molecule has 1 aliphatic rings. The van der Waals surface area contributed by atoms with Gasteiger partial charge in [-0.2, -0.15) is 0 Å². The average molecular weight is 328 g/mol. The Morgan fingerprint density at radius 3 is 2.40 bits per heavy atom. The molecule has 25 heavy (non-hydrogen) atoms. The summed E-state index contributed by atoms with van der Waals surface area (Å²) in [7, 11) is 1.73. The normalized spacial score (nSPS) is 12.7. The van der Waals surface area contributed by atoms with Gasteiger partial charge < -0.3 is 4.90 Å². The number of aromatic nitrogens is 1. The number of para-hydroxylation sites is 1. The van der Waals surface area contributed by atoms with Crippen LogP contribution in [0.1, 0.15) is 28.5 Å². The van der Waals surface area contributed by atoms with Crippen LogP contribution in [0, 0.1) is 12.3 Å². The molecule has 0 saturated carbocycles. The van der Waals surface area contributed by atoms with Crippen LogP contribution in [0.5, 0.6) is 0 Å². The van der Waals surface area contributed by atoms with Crippen molar-refractivity contribution in [3.8, 4) is 18.0 Å². The number of terminal acetylenes is 1. The molecule has 0 spiro atoms. The fourth-order valence-corrected chi connectivity index (χ4v) is 3.65. The SMILES string of the molecule is C#Cc1ccc2c3c(c(CC)n(-c4ccccc4)c(=O)c13)C(=O)N2C. The first-order valence-corrected chi connectivity index (χ1v) is 8.14. The largest absolute Gasteiger partial charge is 0.311 e. The molecule has 0 radical (unpaired) electrons. The third-order valence-electron chi connectivity index (χ3n) is 4.79. The van der Waals surface area contributed by atoms with Gasteiger partial charge in [0.15, 0.2) is 0 Å². The second-order valence-electron chi connectivity index (χ2n) is 6.04. The van der Waals surface area contributed by atoms with Crippen LogP contribution in [0.3, 0.4) is 0 Å². The molecular formula is C21H16N2O2. The number of benzene rings is 2. The van der Waals surface area contributed by atoms with E-state index in [2.05, 4.69) is 5.92 Å². The zero-order chi connectivity index (χ0) is 17.7. The Labute approximate surface area is 145 Å². The Balaban J connectivity index is 2.30. The predicted octanol–water partition coefficient (Wildman–Crippen LogP) is 3.12. The van der Waals surface area contributed by atoms with Crippen LogP contribution in [0.25, 0.3) is 16.5 Å². The molecule has 1 amide bonds. The lowest BCUT2D eigenvalue weighted by molar-refractivity contribution is 0.0997. The Morgan fingerprint density at radius 2 is 1.76 bits per heavy atom. The Bertz CT molecular complexity index is 1130. The molecule has 0 atom stereocenters. The van der Waals surface area contributed by atoms with Crippen molar-refractivity contribution in [2.24, 2.45) is 0 Å². The predicted molar refractivity (Wildman–Crippen MR) is 99.6 cm³/mol. The topological polar surface area (TPSA) is 42.3 Å². The van der Waals surface area contributed by atoms with Gasteiger partial charge in [0.05, 0.1) is 16.6 Å². The summed E-state index contributed by atoms with van der Waals surface area (Å²) in [6.45, 7) is 1.95. The van der Waals surface area contributed by atoms with Gasteiger partial charge in [-0.25, -0.2) is 0 Å². The molecule has 0 bridgehead atoms. The maximum Gasteiger partial charge on any atom is 0.264 e. The second kappa shape index (κ2) is 5.35. The van der Waals surface area contributed by atoms with E-state index in [9.17, 15) is 9.59 Å². The number of amides is 1. The monoisotopic (exact) mass is 328 g/mol. The summed E-state index contributed by atoms with van der Waals surface area (Å²) in [5, 5.41) is 1.12. The van der Waals surface area contributed by atoms with Gasteiger partial charge in [0.1, 0.15) is 0 Å². The molecule has 122 valence electrons. The van der Waals surface area contributed by atoms with Crippen LogP contribution in [-0.4, -0.2) is 17.5 Å². The van der Waals surface area contributed by atoms with E-state index in [1.165, 1.54) is 0 Å². The Morgan fingerprint density at radius 1 is 1.04 bits per heavy atom. The van der Waals surface area contributed by atoms with Crippen molar-refractivity contribution in [1.82, 2.24) is 4.57 Å². The quantitative estimate of drug-likeness (QED) is 0.678. The minimum atomic E-state index is -0.181. The lowest BCUT2D eigenvalue weighted by atomic mass is 9.99. The number of nitrogens with zero attached hydrogens (tertiary/aromatic N) is 2. The molecule has 3 aromatic rings. The first-order valence-electron chi connectivity index (χ1n) is 8.14. The smallest absolute Gasteiger partial charge is 0.264 e. The summed E-state index contributed by atoms with van der Waals surface area (Å²) in [6.07, 6.45) is 6.20. The second-order valence-corrected chi connectivity index (χ2v) is 6.04. The van der Waals surface area contributed by atoms with Crippen LogP contribution in [0.2, 0.25) is 0 Å². The van der Waals surface area contributed by atoms with E-state index < -0.39 is 0 Å².